The van der Waals surface area contributed by atoms with Gasteiger partial charge in [0.15, 0.2) is 5.13 Å². The largest absolute Gasteiger partial charge is 0.337 e. The van der Waals surface area contributed by atoms with Gasteiger partial charge in [0.1, 0.15) is 0 Å². The van der Waals surface area contributed by atoms with Crippen LogP contribution in [0.15, 0.2) is 85.5 Å². The lowest BCUT2D eigenvalue weighted by atomic mass is 10.0. The first-order valence-electron chi connectivity index (χ1n) is 11.4. The molecular weight excluding hydrogens is 476 g/mol. The maximum atomic E-state index is 13.7. The lowest BCUT2D eigenvalue weighted by Gasteiger charge is -2.20. The first-order valence-corrected chi connectivity index (χ1v) is 12.2. The van der Waals surface area contributed by atoms with Crippen molar-refractivity contribution in [2.75, 3.05) is 11.4 Å². The van der Waals surface area contributed by atoms with Gasteiger partial charge in [-0.3, -0.25) is 9.69 Å². The molecule has 0 aliphatic heterocycles. The molecule has 5 rings (SSSR count). The van der Waals surface area contributed by atoms with E-state index in [0.717, 1.165) is 39.4 Å². The van der Waals surface area contributed by atoms with Crippen LogP contribution in [0.5, 0.6) is 0 Å². The Bertz CT molecular complexity index is 1410. The molecule has 0 unspecified atom stereocenters. The predicted octanol–water partition coefficient (Wildman–Crippen LogP) is 6.94. The molecule has 0 aliphatic carbocycles. The van der Waals surface area contributed by atoms with E-state index in [1.54, 1.807) is 23.9 Å². The highest BCUT2D eigenvalue weighted by Gasteiger charge is 2.22. The molecule has 0 N–H and O–H groups in total. The number of benzene rings is 3. The quantitative estimate of drug-likeness (QED) is 0.242. The summed E-state index contributed by atoms with van der Waals surface area (Å²) in [6, 6.07) is 22.3. The van der Waals surface area contributed by atoms with Crippen molar-refractivity contribution in [3.8, 4) is 11.1 Å². The second kappa shape index (κ2) is 10.8. The van der Waals surface area contributed by atoms with Gasteiger partial charge in [0.2, 0.25) is 0 Å². The van der Waals surface area contributed by atoms with Crippen molar-refractivity contribution in [3.63, 3.8) is 0 Å². The van der Waals surface area contributed by atoms with Crippen molar-refractivity contribution in [1.29, 1.82) is 0 Å². The van der Waals surface area contributed by atoms with Crippen LogP contribution in [-0.2, 0) is 6.54 Å². The number of anilines is 1. The number of carbonyl (C=O) groups excluding carboxylic acids is 1. The molecule has 0 atom stereocenters. The van der Waals surface area contributed by atoms with E-state index in [0.29, 0.717) is 12.1 Å². The summed E-state index contributed by atoms with van der Waals surface area (Å²) in [7, 11) is 0. The molecule has 2 aromatic heterocycles. The predicted molar refractivity (Wildman–Crippen MR) is 147 cm³/mol. The third kappa shape index (κ3) is 5.45. The summed E-state index contributed by atoms with van der Waals surface area (Å²) in [5, 5.41) is 0.742. The minimum atomic E-state index is -0.0290. The van der Waals surface area contributed by atoms with Crippen LogP contribution in [0.3, 0.4) is 0 Å². The number of hydrogen-bond acceptors (Lipinski definition) is 4. The third-order valence-electron chi connectivity index (χ3n) is 5.88. The molecule has 0 fully saturated rings. The van der Waals surface area contributed by atoms with Crippen LogP contribution in [0, 0.1) is 13.8 Å². The van der Waals surface area contributed by atoms with E-state index in [4.69, 9.17) is 4.98 Å². The van der Waals surface area contributed by atoms with Gasteiger partial charge in [0.25, 0.3) is 5.91 Å². The number of aryl methyl sites for hydroxylation is 3. The summed E-state index contributed by atoms with van der Waals surface area (Å²) in [6.45, 7) is 5.55. The highest BCUT2D eigenvalue weighted by atomic mass is 35.5. The van der Waals surface area contributed by atoms with Crippen LogP contribution in [0.25, 0.3) is 21.3 Å². The average molecular weight is 503 g/mol. The van der Waals surface area contributed by atoms with Gasteiger partial charge in [0.05, 0.1) is 16.5 Å². The molecule has 35 heavy (non-hydrogen) atoms. The normalized spacial score (nSPS) is 10.8. The SMILES string of the molecule is Cc1cc(C)c2sc(N(CCCn3ccnc3)C(=O)c3ccc(-c4ccccc4)cc3)nc2c1.Cl. The molecule has 0 aliphatic rings. The molecule has 0 radical (unpaired) electrons. The lowest BCUT2D eigenvalue weighted by molar-refractivity contribution is 0.0986. The van der Waals surface area contributed by atoms with Crippen LogP contribution < -0.4 is 4.90 Å². The van der Waals surface area contributed by atoms with E-state index < -0.39 is 0 Å². The number of halogens is 1. The molecule has 5 aromatic rings. The van der Waals surface area contributed by atoms with Gasteiger partial charge >= 0.3 is 0 Å². The standard InChI is InChI=1S/C28H26N4OS.ClH/c1-20-17-21(2)26-25(18-20)30-28(34-26)32(15-6-14-31-16-13-29-19-31)27(33)24-11-9-23(10-12-24)22-7-4-3-5-8-22;/h3-5,7-13,16-19H,6,14-15H2,1-2H3;1H. The summed E-state index contributed by atoms with van der Waals surface area (Å²) < 4.78 is 3.16. The Morgan fingerprint density at radius 3 is 2.46 bits per heavy atom. The van der Waals surface area contributed by atoms with E-state index in [1.165, 1.54) is 11.1 Å². The maximum Gasteiger partial charge on any atom is 0.260 e. The second-order valence-corrected chi connectivity index (χ2v) is 9.46. The molecule has 0 saturated carbocycles. The van der Waals surface area contributed by atoms with Gasteiger partial charge in [-0.05, 0) is 60.7 Å². The Labute approximate surface area is 215 Å². The number of imidazole rings is 1. The van der Waals surface area contributed by atoms with Crippen LogP contribution >= 0.6 is 23.7 Å². The maximum absolute atomic E-state index is 13.7. The number of amides is 1. The Balaban J connectivity index is 0.00000289. The Morgan fingerprint density at radius 1 is 1.00 bits per heavy atom. The summed E-state index contributed by atoms with van der Waals surface area (Å²) in [5.41, 5.74) is 6.21. The van der Waals surface area contributed by atoms with Crippen molar-refractivity contribution in [3.05, 3.63) is 102 Å². The molecule has 178 valence electrons. The lowest BCUT2D eigenvalue weighted by Crippen LogP contribution is -2.32. The molecule has 0 bridgehead atoms. The fourth-order valence-corrected chi connectivity index (χ4v) is 5.23. The zero-order valence-electron chi connectivity index (χ0n) is 19.7. The summed E-state index contributed by atoms with van der Waals surface area (Å²) in [4.78, 5) is 24.5. The Morgan fingerprint density at radius 2 is 1.74 bits per heavy atom. The Kier molecular flexibility index (Phi) is 7.63. The summed E-state index contributed by atoms with van der Waals surface area (Å²) >= 11 is 1.59. The van der Waals surface area contributed by atoms with Crippen molar-refractivity contribution < 1.29 is 4.79 Å². The number of carbonyl (C=O) groups is 1. The molecule has 0 saturated heterocycles. The zero-order valence-corrected chi connectivity index (χ0v) is 21.4. The molecule has 1 amide bonds. The van der Waals surface area contributed by atoms with E-state index >= 15 is 0 Å². The smallest absolute Gasteiger partial charge is 0.260 e. The summed E-state index contributed by atoms with van der Waals surface area (Å²) in [5.74, 6) is -0.0290. The molecule has 7 heteroatoms. The fourth-order valence-electron chi connectivity index (χ4n) is 4.19. The van der Waals surface area contributed by atoms with Crippen LogP contribution in [0.4, 0.5) is 5.13 Å². The number of thiazole rings is 1. The van der Waals surface area contributed by atoms with Gasteiger partial charge in [-0.25, -0.2) is 9.97 Å². The number of nitrogens with zero attached hydrogens (tertiary/aromatic N) is 4. The first-order chi connectivity index (χ1) is 16.6. The van der Waals surface area contributed by atoms with Crippen molar-refractivity contribution in [2.45, 2.75) is 26.8 Å². The molecule has 5 nitrogen and oxygen atoms in total. The van der Waals surface area contributed by atoms with Crippen molar-refractivity contribution in [1.82, 2.24) is 14.5 Å². The number of rotatable bonds is 7. The monoisotopic (exact) mass is 502 g/mol. The Hall–Kier alpha value is -3.48. The van der Waals surface area contributed by atoms with Crippen LogP contribution in [0.1, 0.15) is 27.9 Å². The van der Waals surface area contributed by atoms with E-state index in [2.05, 4.69) is 43.1 Å². The first kappa shape index (κ1) is 24.6. The minimum Gasteiger partial charge on any atom is -0.337 e. The van der Waals surface area contributed by atoms with Gasteiger partial charge in [-0.2, -0.15) is 0 Å². The molecule has 0 spiro atoms. The zero-order chi connectivity index (χ0) is 23.5. The van der Waals surface area contributed by atoms with Gasteiger partial charge in [-0.1, -0.05) is 59.9 Å². The third-order valence-corrected chi connectivity index (χ3v) is 7.11. The number of aromatic nitrogens is 3. The number of hydrogen-bond donors (Lipinski definition) is 0. The van der Waals surface area contributed by atoms with E-state index in [-0.39, 0.29) is 18.3 Å². The highest BCUT2D eigenvalue weighted by molar-refractivity contribution is 7.22. The van der Waals surface area contributed by atoms with Gasteiger partial charge in [-0.15, -0.1) is 12.4 Å². The fraction of sp³-hybridized carbons (Fsp3) is 0.179. The van der Waals surface area contributed by atoms with Crippen molar-refractivity contribution in [2.24, 2.45) is 0 Å². The van der Waals surface area contributed by atoms with Gasteiger partial charge in [0, 0.05) is 31.0 Å². The van der Waals surface area contributed by atoms with E-state index in [9.17, 15) is 4.79 Å². The van der Waals surface area contributed by atoms with Crippen LogP contribution in [0.2, 0.25) is 0 Å². The van der Waals surface area contributed by atoms with Gasteiger partial charge < -0.3 is 4.57 Å². The molecular formula is C28H27ClN4OS. The van der Waals surface area contributed by atoms with E-state index in [1.807, 2.05) is 58.1 Å². The second-order valence-electron chi connectivity index (χ2n) is 8.48. The highest BCUT2D eigenvalue weighted by Crippen LogP contribution is 2.33. The minimum absolute atomic E-state index is 0. The van der Waals surface area contributed by atoms with Crippen LogP contribution in [-0.4, -0.2) is 27.0 Å². The molecule has 3 aromatic carbocycles. The summed E-state index contributed by atoms with van der Waals surface area (Å²) in [6.07, 6.45) is 6.32. The molecule has 2 heterocycles. The topological polar surface area (TPSA) is 51.0 Å². The average Bonchev–Trinajstić information content (AvgIpc) is 3.52. The van der Waals surface area contributed by atoms with Crippen molar-refractivity contribution >= 4 is 45.0 Å². The number of fused-ring (bicyclic) bond motifs is 1.